The van der Waals surface area contributed by atoms with Crippen LogP contribution in [0.4, 0.5) is 4.39 Å². The summed E-state index contributed by atoms with van der Waals surface area (Å²) in [5.74, 6) is -0.0436. The van der Waals surface area contributed by atoms with Crippen LogP contribution in [-0.4, -0.2) is 31.4 Å². The van der Waals surface area contributed by atoms with Crippen molar-refractivity contribution in [2.75, 3.05) is 19.8 Å². The van der Waals surface area contributed by atoms with Crippen LogP contribution < -0.4 is 10.5 Å². The molecule has 0 unspecified atom stereocenters. The van der Waals surface area contributed by atoms with Crippen LogP contribution in [-0.2, 0) is 9.53 Å². The highest BCUT2D eigenvalue weighted by molar-refractivity contribution is 6.17. The molecule has 2 N–H and O–H groups in total. The van der Waals surface area contributed by atoms with Crippen LogP contribution in [0.5, 0.6) is 5.75 Å². The molecule has 0 atom stereocenters. The highest BCUT2D eigenvalue weighted by Crippen LogP contribution is 2.24. The van der Waals surface area contributed by atoms with Gasteiger partial charge in [0.2, 0.25) is 5.91 Å². The normalized spacial score (nSPS) is 16.7. The van der Waals surface area contributed by atoms with Crippen LogP contribution in [0.25, 0.3) is 5.57 Å². The minimum absolute atomic E-state index is 0.0386. The molecule has 0 spiro atoms. The second kappa shape index (κ2) is 4.78. The van der Waals surface area contributed by atoms with E-state index in [-0.39, 0.29) is 25.4 Å². The Kier molecular flexibility index (Phi) is 3.34. The zero-order chi connectivity index (χ0) is 13.2. The van der Waals surface area contributed by atoms with Gasteiger partial charge in [-0.25, -0.2) is 4.39 Å². The Balaban J connectivity index is 1.95. The lowest BCUT2D eigenvalue weighted by atomic mass is 10.1. The van der Waals surface area contributed by atoms with Crippen LogP contribution in [0.2, 0.25) is 0 Å². The number of rotatable bonds is 5. The van der Waals surface area contributed by atoms with E-state index >= 15 is 0 Å². The van der Waals surface area contributed by atoms with Crippen molar-refractivity contribution in [2.45, 2.75) is 5.67 Å². The van der Waals surface area contributed by atoms with Crippen molar-refractivity contribution < 1.29 is 18.7 Å². The van der Waals surface area contributed by atoms with Gasteiger partial charge in [0.25, 0.3) is 0 Å². The van der Waals surface area contributed by atoms with Gasteiger partial charge in [0, 0.05) is 5.57 Å². The number of amides is 1. The third-order valence-corrected chi connectivity index (χ3v) is 2.72. The fourth-order valence-corrected chi connectivity index (χ4v) is 1.51. The molecule has 1 aliphatic heterocycles. The standard InChI is InChI=1S/C13H14FNO3/c1-9(12(15)16)10-2-4-11(5-3-10)18-8-13(14)6-17-7-13/h2-5H,1,6-8H2,(H2,15,16). The Hall–Kier alpha value is -1.88. The average Bonchev–Trinajstić information content (AvgIpc) is 2.33. The predicted octanol–water partition coefficient (Wildman–Crippen LogP) is 1.30. The monoisotopic (exact) mass is 251 g/mol. The molecule has 5 heteroatoms. The first-order valence-corrected chi connectivity index (χ1v) is 5.49. The zero-order valence-electron chi connectivity index (χ0n) is 9.82. The molecule has 0 radical (unpaired) electrons. The first kappa shape index (κ1) is 12.6. The largest absolute Gasteiger partial charge is 0.490 e. The van der Waals surface area contributed by atoms with Gasteiger partial charge in [-0.2, -0.15) is 0 Å². The number of nitrogens with two attached hydrogens (primary N) is 1. The topological polar surface area (TPSA) is 61.6 Å². The van der Waals surface area contributed by atoms with Crippen LogP contribution in [0.1, 0.15) is 5.56 Å². The summed E-state index contributed by atoms with van der Waals surface area (Å²) in [6.07, 6.45) is 0. The number of ether oxygens (including phenoxy) is 2. The van der Waals surface area contributed by atoms with Crippen molar-refractivity contribution in [3.8, 4) is 5.75 Å². The van der Waals surface area contributed by atoms with Crippen molar-refractivity contribution in [1.82, 2.24) is 0 Å². The summed E-state index contributed by atoms with van der Waals surface area (Å²) in [5.41, 5.74) is 4.59. The van der Waals surface area contributed by atoms with E-state index in [0.717, 1.165) is 0 Å². The molecule has 96 valence electrons. The third-order valence-electron chi connectivity index (χ3n) is 2.72. The lowest BCUT2D eigenvalue weighted by molar-refractivity contribution is -0.146. The van der Waals surface area contributed by atoms with Gasteiger partial charge in [0.05, 0.1) is 13.2 Å². The van der Waals surface area contributed by atoms with E-state index < -0.39 is 11.6 Å². The second-order valence-corrected chi connectivity index (χ2v) is 4.30. The molecule has 2 rings (SSSR count). The third kappa shape index (κ3) is 2.68. The van der Waals surface area contributed by atoms with E-state index in [1.165, 1.54) is 0 Å². The molecule has 0 bridgehead atoms. The van der Waals surface area contributed by atoms with Crippen molar-refractivity contribution in [2.24, 2.45) is 5.73 Å². The smallest absolute Gasteiger partial charge is 0.248 e. The van der Waals surface area contributed by atoms with Gasteiger partial charge in [-0.15, -0.1) is 0 Å². The van der Waals surface area contributed by atoms with E-state index in [0.29, 0.717) is 11.3 Å². The Labute approximate surface area is 104 Å². The lowest BCUT2D eigenvalue weighted by Crippen LogP contribution is -2.50. The van der Waals surface area contributed by atoms with E-state index in [1.54, 1.807) is 24.3 Å². The predicted molar refractivity (Wildman–Crippen MR) is 64.8 cm³/mol. The molecule has 0 aromatic heterocycles. The maximum atomic E-state index is 13.6. The van der Waals surface area contributed by atoms with Gasteiger partial charge in [0.15, 0.2) is 5.67 Å². The first-order valence-electron chi connectivity index (χ1n) is 5.49. The van der Waals surface area contributed by atoms with Gasteiger partial charge in [-0.3, -0.25) is 4.79 Å². The number of hydrogen-bond donors (Lipinski definition) is 1. The number of halogens is 1. The molecule has 1 heterocycles. The number of hydrogen-bond acceptors (Lipinski definition) is 3. The summed E-state index contributed by atoms with van der Waals surface area (Å²) >= 11 is 0. The summed E-state index contributed by atoms with van der Waals surface area (Å²) in [7, 11) is 0. The highest BCUT2D eigenvalue weighted by Gasteiger charge is 2.39. The highest BCUT2D eigenvalue weighted by atomic mass is 19.1. The number of carbonyl (C=O) groups is 1. The van der Waals surface area contributed by atoms with Gasteiger partial charge >= 0.3 is 0 Å². The fourth-order valence-electron chi connectivity index (χ4n) is 1.51. The molecule has 0 aliphatic carbocycles. The number of primary amides is 1. The molecule has 1 aromatic carbocycles. The molecule has 0 saturated carbocycles. The Morgan fingerprint density at radius 1 is 1.44 bits per heavy atom. The molecular weight excluding hydrogens is 237 g/mol. The van der Waals surface area contributed by atoms with Gasteiger partial charge in [-0.05, 0) is 17.7 Å². The molecule has 1 fully saturated rings. The Morgan fingerprint density at radius 2 is 2.06 bits per heavy atom. The van der Waals surface area contributed by atoms with Gasteiger partial charge in [0.1, 0.15) is 12.4 Å². The van der Waals surface area contributed by atoms with Crippen molar-refractivity contribution >= 4 is 11.5 Å². The maximum absolute atomic E-state index is 13.6. The fraction of sp³-hybridized carbons (Fsp3) is 0.308. The van der Waals surface area contributed by atoms with E-state index in [1.807, 2.05) is 0 Å². The van der Waals surface area contributed by atoms with Crippen LogP contribution >= 0.6 is 0 Å². The molecule has 18 heavy (non-hydrogen) atoms. The summed E-state index contributed by atoms with van der Waals surface area (Å²) in [6, 6.07) is 6.61. The number of carbonyl (C=O) groups excluding carboxylic acids is 1. The minimum Gasteiger partial charge on any atom is -0.490 e. The van der Waals surface area contributed by atoms with E-state index in [2.05, 4.69) is 6.58 Å². The first-order chi connectivity index (χ1) is 8.50. The lowest BCUT2D eigenvalue weighted by Gasteiger charge is -2.33. The molecule has 4 nitrogen and oxygen atoms in total. The summed E-state index contributed by atoms with van der Waals surface area (Å²) in [5, 5.41) is 0. The molecule has 1 aliphatic rings. The van der Waals surface area contributed by atoms with Crippen LogP contribution in [0, 0.1) is 0 Å². The maximum Gasteiger partial charge on any atom is 0.248 e. The Morgan fingerprint density at radius 3 is 2.50 bits per heavy atom. The quantitative estimate of drug-likeness (QED) is 0.802. The van der Waals surface area contributed by atoms with Crippen molar-refractivity contribution in [3.63, 3.8) is 0 Å². The SMILES string of the molecule is C=C(C(N)=O)c1ccc(OCC2(F)COC2)cc1. The number of benzene rings is 1. The second-order valence-electron chi connectivity index (χ2n) is 4.30. The molecule has 1 saturated heterocycles. The Bertz CT molecular complexity index is 466. The molecular formula is C13H14FNO3. The zero-order valence-corrected chi connectivity index (χ0v) is 9.82. The summed E-state index contributed by atoms with van der Waals surface area (Å²) in [4.78, 5) is 10.9. The molecule has 1 aromatic rings. The average molecular weight is 251 g/mol. The summed E-state index contributed by atoms with van der Waals surface area (Å²) in [6.45, 7) is 3.68. The van der Waals surface area contributed by atoms with Gasteiger partial charge < -0.3 is 15.2 Å². The summed E-state index contributed by atoms with van der Waals surface area (Å²) < 4.78 is 23.7. The molecule has 1 amide bonds. The van der Waals surface area contributed by atoms with Crippen molar-refractivity contribution in [1.29, 1.82) is 0 Å². The van der Waals surface area contributed by atoms with E-state index in [4.69, 9.17) is 15.2 Å². The van der Waals surface area contributed by atoms with Crippen LogP contribution in [0.3, 0.4) is 0 Å². The van der Waals surface area contributed by atoms with Crippen molar-refractivity contribution in [3.05, 3.63) is 36.4 Å². The van der Waals surface area contributed by atoms with Gasteiger partial charge in [-0.1, -0.05) is 18.7 Å². The number of alkyl halides is 1. The van der Waals surface area contributed by atoms with Crippen LogP contribution in [0.15, 0.2) is 30.8 Å². The minimum atomic E-state index is -1.38. The van der Waals surface area contributed by atoms with E-state index in [9.17, 15) is 9.18 Å².